The molecular weight excluding hydrogens is 446 g/mol. The number of urea groups is 1. The highest BCUT2D eigenvalue weighted by Gasteiger charge is 2.29. The van der Waals surface area contributed by atoms with Crippen LogP contribution in [0.15, 0.2) is 72.9 Å². The van der Waals surface area contributed by atoms with Crippen LogP contribution in [0.3, 0.4) is 0 Å². The number of imide groups is 1. The van der Waals surface area contributed by atoms with E-state index < -0.39 is 29.9 Å². The molecule has 9 heteroatoms. The Morgan fingerprint density at radius 1 is 1.03 bits per heavy atom. The Balaban J connectivity index is 1.77. The summed E-state index contributed by atoms with van der Waals surface area (Å²) >= 11 is 0. The number of nitrogens with zero attached hydrogens (tertiary/aromatic N) is 3. The topological polar surface area (TPSA) is 129 Å². The molecule has 2 heterocycles. The van der Waals surface area contributed by atoms with Gasteiger partial charge in [-0.05, 0) is 17.5 Å². The van der Waals surface area contributed by atoms with Crippen LogP contribution >= 0.6 is 0 Å². The Labute approximate surface area is 201 Å². The summed E-state index contributed by atoms with van der Waals surface area (Å²) in [6, 6.07) is 19.8. The van der Waals surface area contributed by atoms with Gasteiger partial charge >= 0.3 is 12.0 Å². The number of nitrogens with one attached hydrogen (secondary N) is 1. The van der Waals surface area contributed by atoms with Crippen LogP contribution in [-0.2, 0) is 16.1 Å². The molecule has 35 heavy (non-hydrogen) atoms. The van der Waals surface area contributed by atoms with Gasteiger partial charge in [0, 0.05) is 5.56 Å². The van der Waals surface area contributed by atoms with Crippen molar-refractivity contribution in [3.63, 3.8) is 0 Å². The Morgan fingerprint density at radius 3 is 2.31 bits per heavy atom. The largest absolute Gasteiger partial charge is 0.448 e. The molecule has 0 radical (unpaired) electrons. The van der Waals surface area contributed by atoms with Gasteiger partial charge in [-0.3, -0.25) is 10.1 Å². The third kappa shape index (κ3) is 5.35. The molecule has 4 aromatic rings. The first kappa shape index (κ1) is 23.6. The molecule has 0 aliphatic rings. The van der Waals surface area contributed by atoms with E-state index in [-0.39, 0.29) is 5.56 Å². The number of fused-ring (bicyclic) bond motifs is 1. The monoisotopic (exact) mass is 471 g/mol. The normalized spacial score (nSPS) is 11.9. The molecule has 0 saturated heterocycles. The third-order valence-electron chi connectivity index (χ3n) is 5.42. The molecule has 0 fully saturated rings. The summed E-state index contributed by atoms with van der Waals surface area (Å²) in [5.74, 6) is -1.91. The first-order chi connectivity index (χ1) is 16.8. The highest BCUT2D eigenvalue weighted by Crippen LogP contribution is 2.26. The van der Waals surface area contributed by atoms with Gasteiger partial charge in [-0.15, -0.1) is 0 Å². The summed E-state index contributed by atoms with van der Waals surface area (Å²) in [6.07, 6.45) is 0.350. The molecule has 4 rings (SSSR count). The van der Waals surface area contributed by atoms with Crippen molar-refractivity contribution in [2.75, 3.05) is 0 Å². The van der Waals surface area contributed by atoms with E-state index in [9.17, 15) is 14.4 Å². The molecule has 1 unspecified atom stereocenters. The smallest absolute Gasteiger partial charge is 0.339 e. The number of carbonyl (C=O) groups is 3. The number of aromatic nitrogens is 3. The quantitative estimate of drug-likeness (QED) is 0.397. The molecule has 3 amide bonds. The minimum atomic E-state index is -1.21. The summed E-state index contributed by atoms with van der Waals surface area (Å²) < 4.78 is 7.28. The number of rotatable bonds is 7. The van der Waals surface area contributed by atoms with Gasteiger partial charge in [-0.1, -0.05) is 74.5 Å². The Morgan fingerprint density at radius 2 is 1.69 bits per heavy atom. The molecule has 178 valence electrons. The van der Waals surface area contributed by atoms with Gasteiger partial charge in [0.2, 0.25) is 0 Å². The fraction of sp³-hybridized carbons (Fsp3) is 0.192. The molecular formula is C26H25N5O4. The maximum absolute atomic E-state index is 13.3. The number of hydrogen-bond acceptors (Lipinski definition) is 6. The average Bonchev–Trinajstić information content (AvgIpc) is 3.24. The van der Waals surface area contributed by atoms with Gasteiger partial charge in [0.1, 0.15) is 0 Å². The molecule has 0 spiro atoms. The molecule has 2 aromatic heterocycles. The van der Waals surface area contributed by atoms with Gasteiger partial charge in [-0.2, -0.15) is 5.10 Å². The van der Waals surface area contributed by atoms with E-state index in [1.165, 1.54) is 0 Å². The Kier molecular flexibility index (Phi) is 6.86. The van der Waals surface area contributed by atoms with Crippen LogP contribution in [0.1, 0.15) is 29.8 Å². The summed E-state index contributed by atoms with van der Waals surface area (Å²) in [6.45, 7) is 3.86. The van der Waals surface area contributed by atoms with Crippen molar-refractivity contribution in [3.8, 4) is 11.3 Å². The zero-order valence-electron chi connectivity index (χ0n) is 19.3. The van der Waals surface area contributed by atoms with E-state index in [1.807, 2.05) is 66.0 Å². The van der Waals surface area contributed by atoms with Crippen molar-refractivity contribution in [1.82, 2.24) is 20.1 Å². The molecule has 3 N–H and O–H groups in total. The summed E-state index contributed by atoms with van der Waals surface area (Å²) in [4.78, 5) is 41.7. The maximum atomic E-state index is 13.3. The van der Waals surface area contributed by atoms with Crippen molar-refractivity contribution in [1.29, 1.82) is 0 Å². The molecule has 1 atom stereocenters. The maximum Gasteiger partial charge on any atom is 0.339 e. The second-order valence-electron chi connectivity index (χ2n) is 8.37. The molecule has 2 aromatic carbocycles. The fourth-order valence-corrected chi connectivity index (χ4v) is 3.71. The van der Waals surface area contributed by atoms with E-state index in [4.69, 9.17) is 15.5 Å². The second kappa shape index (κ2) is 10.2. The lowest BCUT2D eigenvalue weighted by atomic mass is 10.1. The van der Waals surface area contributed by atoms with Crippen molar-refractivity contribution in [3.05, 3.63) is 84.1 Å². The highest BCUT2D eigenvalue weighted by molar-refractivity contribution is 6.05. The summed E-state index contributed by atoms with van der Waals surface area (Å²) in [5.41, 5.74) is 8.18. The lowest BCUT2D eigenvalue weighted by molar-refractivity contribution is -0.130. The number of benzene rings is 2. The lowest BCUT2D eigenvalue weighted by Gasteiger charge is -2.20. The van der Waals surface area contributed by atoms with Crippen molar-refractivity contribution >= 4 is 28.9 Å². The number of ether oxygens (including phenoxy) is 1. The average molecular weight is 472 g/mol. The molecule has 0 aliphatic heterocycles. The number of pyridine rings is 1. The molecule has 0 bridgehead atoms. The zero-order chi connectivity index (χ0) is 24.9. The second-order valence-corrected chi connectivity index (χ2v) is 8.37. The van der Waals surface area contributed by atoms with E-state index in [0.717, 1.165) is 11.1 Å². The highest BCUT2D eigenvalue weighted by atomic mass is 16.5. The number of hydrogen-bond donors (Lipinski definition) is 2. The SMILES string of the molecule is CC(C)C(OC(=O)c1cc(-c2ccccc2)nc2c1cnn2Cc1ccccc1)C(=O)NC(N)=O. The van der Waals surface area contributed by atoms with Crippen molar-refractivity contribution in [2.24, 2.45) is 11.7 Å². The van der Waals surface area contributed by atoms with Crippen molar-refractivity contribution < 1.29 is 19.1 Å². The minimum absolute atomic E-state index is 0.214. The first-order valence-corrected chi connectivity index (χ1v) is 11.1. The van der Waals surface area contributed by atoms with Crippen LogP contribution in [0.25, 0.3) is 22.3 Å². The Hall–Kier alpha value is -4.53. The number of primary amides is 1. The van der Waals surface area contributed by atoms with Gasteiger partial charge in [0.15, 0.2) is 11.8 Å². The van der Waals surface area contributed by atoms with Crippen molar-refractivity contribution in [2.45, 2.75) is 26.5 Å². The van der Waals surface area contributed by atoms with Gasteiger partial charge in [0.25, 0.3) is 5.91 Å². The molecule has 0 saturated carbocycles. The number of amides is 3. The minimum Gasteiger partial charge on any atom is -0.448 e. The van der Waals surface area contributed by atoms with E-state index in [0.29, 0.717) is 23.3 Å². The van der Waals surface area contributed by atoms with Gasteiger partial charge in [-0.25, -0.2) is 19.3 Å². The summed E-state index contributed by atoms with van der Waals surface area (Å²) in [7, 11) is 0. The predicted molar refractivity (Wildman–Crippen MR) is 130 cm³/mol. The van der Waals surface area contributed by atoms with Crippen LogP contribution in [0.4, 0.5) is 4.79 Å². The van der Waals surface area contributed by atoms with Crippen LogP contribution in [0, 0.1) is 5.92 Å². The van der Waals surface area contributed by atoms with E-state index in [2.05, 4.69) is 5.10 Å². The van der Waals surface area contributed by atoms with E-state index >= 15 is 0 Å². The molecule has 9 nitrogen and oxygen atoms in total. The predicted octanol–water partition coefficient (Wildman–Crippen LogP) is 3.52. The van der Waals surface area contributed by atoms with Gasteiger partial charge in [0.05, 0.1) is 29.4 Å². The fourth-order valence-electron chi connectivity index (χ4n) is 3.71. The Bertz CT molecular complexity index is 1370. The zero-order valence-corrected chi connectivity index (χ0v) is 19.3. The third-order valence-corrected chi connectivity index (χ3v) is 5.42. The lowest BCUT2D eigenvalue weighted by Crippen LogP contribution is -2.45. The van der Waals surface area contributed by atoms with Crippen LogP contribution in [-0.4, -0.2) is 38.8 Å². The van der Waals surface area contributed by atoms with E-state index in [1.54, 1.807) is 30.8 Å². The molecule has 0 aliphatic carbocycles. The number of esters is 1. The summed E-state index contributed by atoms with van der Waals surface area (Å²) in [5, 5.41) is 6.93. The standard InChI is InChI=1S/C26H25N5O4/c1-16(2)22(24(32)30-26(27)34)35-25(33)19-13-21(18-11-7-4-8-12-18)29-23-20(19)14-28-31(23)15-17-9-5-3-6-10-17/h3-14,16,22H,15H2,1-2H3,(H3,27,30,32,34). The van der Waals surface area contributed by atoms with Crippen LogP contribution < -0.4 is 11.1 Å². The number of carbonyl (C=O) groups excluding carboxylic acids is 3. The first-order valence-electron chi connectivity index (χ1n) is 11.1. The van der Waals surface area contributed by atoms with Crippen LogP contribution in [0.2, 0.25) is 0 Å². The van der Waals surface area contributed by atoms with Crippen LogP contribution in [0.5, 0.6) is 0 Å². The van der Waals surface area contributed by atoms with Gasteiger partial charge < -0.3 is 10.5 Å². The number of nitrogens with two attached hydrogens (primary N) is 1.